The SMILES string of the molecule is C#Cc1ccsc1-c1nc2cc(CC)ccn2c1Nc1ccccc1F.c1cc2cc-2c1. The van der Waals surface area contributed by atoms with Crippen LogP contribution in [0.5, 0.6) is 0 Å². The number of hydrogen-bond acceptors (Lipinski definition) is 3. The van der Waals surface area contributed by atoms with Crippen molar-refractivity contribution in [2.75, 3.05) is 5.32 Å². The maximum atomic E-state index is 14.2. The summed E-state index contributed by atoms with van der Waals surface area (Å²) >= 11 is 1.53. The van der Waals surface area contributed by atoms with Crippen LogP contribution in [0, 0.1) is 18.2 Å². The summed E-state index contributed by atoms with van der Waals surface area (Å²) in [6, 6.07) is 21.1. The Bertz CT molecular complexity index is 1450. The number of benzene rings is 2. The number of hydrogen-bond donors (Lipinski definition) is 1. The number of imidazole rings is 1. The molecule has 0 saturated carbocycles. The van der Waals surface area contributed by atoms with E-state index in [1.165, 1.54) is 34.1 Å². The standard InChI is InChI=1S/C21H16FN3S.C6H4/c1-3-14-9-11-25-18(13-14)24-19(20-15(4-2)10-12-26-20)21(25)23-17-8-6-5-7-16(17)22;1-2-5-4-6(5)3-1/h2,5-13,23H,3H2,1H3;1-4H. The Morgan fingerprint density at radius 3 is 2.53 bits per heavy atom. The van der Waals surface area contributed by atoms with Crippen molar-refractivity contribution in [1.82, 2.24) is 9.38 Å². The quantitative estimate of drug-likeness (QED) is 0.297. The molecule has 2 aliphatic rings. The van der Waals surface area contributed by atoms with Gasteiger partial charge in [0.1, 0.15) is 23.0 Å². The van der Waals surface area contributed by atoms with Crippen LogP contribution < -0.4 is 5.32 Å². The van der Waals surface area contributed by atoms with Crippen molar-refractivity contribution in [3.8, 4) is 34.0 Å². The summed E-state index contributed by atoms with van der Waals surface area (Å²) in [7, 11) is 0. The van der Waals surface area contributed by atoms with E-state index < -0.39 is 0 Å². The highest BCUT2D eigenvalue weighted by atomic mass is 32.1. The minimum absolute atomic E-state index is 0.318. The molecule has 0 atom stereocenters. The van der Waals surface area contributed by atoms with Crippen LogP contribution in [0.1, 0.15) is 18.1 Å². The predicted molar refractivity (Wildman–Crippen MR) is 131 cm³/mol. The van der Waals surface area contributed by atoms with E-state index in [-0.39, 0.29) is 5.82 Å². The summed E-state index contributed by atoms with van der Waals surface area (Å²) in [5.74, 6) is 3.09. The number of para-hydroxylation sites is 1. The number of anilines is 2. The Hall–Kier alpha value is -3.88. The average Bonchev–Trinajstić information content (AvgIpc) is 3.18. The molecule has 0 spiro atoms. The van der Waals surface area contributed by atoms with Gasteiger partial charge in [-0.15, -0.1) is 17.8 Å². The van der Waals surface area contributed by atoms with Crippen molar-refractivity contribution in [3.63, 3.8) is 0 Å². The third-order valence-corrected chi connectivity index (χ3v) is 6.30. The van der Waals surface area contributed by atoms with Gasteiger partial charge in [0.25, 0.3) is 0 Å². The number of terminal acetylenes is 1. The summed E-state index contributed by atoms with van der Waals surface area (Å²) in [5, 5.41) is 5.15. The Balaban J connectivity index is 0.000000306. The molecule has 3 aromatic heterocycles. The molecular weight excluding hydrogens is 417 g/mol. The summed E-state index contributed by atoms with van der Waals surface area (Å²) in [6.45, 7) is 2.10. The molecule has 0 unspecified atom stereocenters. The Morgan fingerprint density at radius 2 is 1.88 bits per heavy atom. The second-order valence-electron chi connectivity index (χ2n) is 7.42. The largest absolute Gasteiger partial charge is 0.337 e. The number of pyridine rings is 1. The lowest BCUT2D eigenvalue weighted by Gasteiger charge is -2.09. The maximum absolute atomic E-state index is 14.2. The first-order valence-electron chi connectivity index (χ1n) is 10.4. The Morgan fingerprint density at radius 1 is 1.06 bits per heavy atom. The minimum Gasteiger partial charge on any atom is -0.337 e. The highest BCUT2D eigenvalue weighted by molar-refractivity contribution is 7.13. The molecule has 4 aromatic rings. The Kier molecular flexibility index (Phi) is 5.22. The van der Waals surface area contributed by atoms with Crippen molar-refractivity contribution in [3.05, 3.63) is 95.3 Å². The van der Waals surface area contributed by atoms with E-state index in [1.807, 2.05) is 34.2 Å². The molecule has 32 heavy (non-hydrogen) atoms. The number of nitrogens with one attached hydrogen (secondary N) is 1. The zero-order valence-electron chi connectivity index (χ0n) is 17.5. The molecule has 3 nitrogen and oxygen atoms in total. The molecule has 1 aromatic carbocycles. The van der Waals surface area contributed by atoms with Crippen molar-refractivity contribution in [2.24, 2.45) is 0 Å². The maximum Gasteiger partial charge on any atom is 0.146 e. The molecule has 156 valence electrons. The van der Waals surface area contributed by atoms with Gasteiger partial charge < -0.3 is 5.32 Å². The number of fused-ring (bicyclic) bond motifs is 2. The zero-order chi connectivity index (χ0) is 22.1. The van der Waals surface area contributed by atoms with Crippen LogP contribution in [0.2, 0.25) is 0 Å². The molecule has 5 heteroatoms. The number of halogens is 1. The topological polar surface area (TPSA) is 29.3 Å². The van der Waals surface area contributed by atoms with E-state index in [4.69, 9.17) is 11.4 Å². The molecule has 0 aliphatic heterocycles. The van der Waals surface area contributed by atoms with Crippen LogP contribution >= 0.6 is 11.3 Å². The number of nitrogens with zero attached hydrogens (tertiary/aromatic N) is 2. The summed E-state index contributed by atoms with van der Waals surface area (Å²) in [5.41, 5.74) is 6.75. The molecule has 0 radical (unpaired) electrons. The molecule has 6 rings (SSSR count). The first-order valence-corrected chi connectivity index (χ1v) is 11.2. The van der Waals surface area contributed by atoms with E-state index >= 15 is 0 Å². The molecule has 2 aliphatic carbocycles. The van der Waals surface area contributed by atoms with Gasteiger partial charge in [0.05, 0.1) is 10.6 Å². The van der Waals surface area contributed by atoms with E-state index in [2.05, 4.69) is 42.4 Å². The smallest absolute Gasteiger partial charge is 0.146 e. The van der Waals surface area contributed by atoms with Crippen LogP contribution in [0.15, 0.2) is 78.3 Å². The first kappa shape index (κ1) is 20.0. The molecule has 0 bridgehead atoms. The molecular formula is C27H20FN3S. The minimum atomic E-state index is -0.318. The van der Waals surface area contributed by atoms with Gasteiger partial charge in [-0.1, -0.05) is 43.2 Å². The zero-order valence-corrected chi connectivity index (χ0v) is 18.3. The fourth-order valence-electron chi connectivity index (χ4n) is 3.56. The fraction of sp³-hybridized carbons (Fsp3) is 0.0741. The van der Waals surface area contributed by atoms with Crippen molar-refractivity contribution in [2.45, 2.75) is 13.3 Å². The van der Waals surface area contributed by atoms with Gasteiger partial charge in [-0.25, -0.2) is 9.37 Å². The number of thiophene rings is 1. The fourth-order valence-corrected chi connectivity index (χ4v) is 4.40. The lowest BCUT2D eigenvalue weighted by Crippen LogP contribution is -1.99. The van der Waals surface area contributed by atoms with Gasteiger partial charge >= 0.3 is 0 Å². The summed E-state index contributed by atoms with van der Waals surface area (Å²) in [6.07, 6.45) is 8.52. The predicted octanol–water partition coefficient (Wildman–Crippen LogP) is 7.16. The van der Waals surface area contributed by atoms with Crippen molar-refractivity contribution >= 4 is 28.5 Å². The number of aromatic nitrogens is 2. The third kappa shape index (κ3) is 3.77. The lowest BCUT2D eigenvalue weighted by atomic mass is 10.2. The number of rotatable bonds is 4. The summed E-state index contributed by atoms with van der Waals surface area (Å²) in [4.78, 5) is 5.69. The van der Waals surface area contributed by atoms with Crippen LogP contribution in [-0.2, 0) is 6.42 Å². The van der Waals surface area contributed by atoms with Crippen LogP contribution in [0.4, 0.5) is 15.9 Å². The van der Waals surface area contributed by atoms with Gasteiger partial charge in [0, 0.05) is 11.8 Å². The highest BCUT2D eigenvalue weighted by Gasteiger charge is 2.19. The van der Waals surface area contributed by atoms with Gasteiger partial charge in [-0.2, -0.15) is 0 Å². The third-order valence-electron chi connectivity index (χ3n) is 5.37. The van der Waals surface area contributed by atoms with Gasteiger partial charge in [-0.3, -0.25) is 4.40 Å². The second kappa shape index (κ2) is 8.33. The van der Waals surface area contributed by atoms with E-state index in [0.717, 1.165) is 28.2 Å². The normalized spacial score (nSPS) is 10.9. The Labute approximate surface area is 190 Å². The van der Waals surface area contributed by atoms with Gasteiger partial charge in [0.15, 0.2) is 0 Å². The van der Waals surface area contributed by atoms with Gasteiger partial charge in [0.2, 0.25) is 0 Å². The second-order valence-corrected chi connectivity index (χ2v) is 8.34. The molecule has 0 saturated heterocycles. The van der Waals surface area contributed by atoms with E-state index in [9.17, 15) is 4.39 Å². The summed E-state index contributed by atoms with van der Waals surface area (Å²) < 4.78 is 16.1. The lowest BCUT2D eigenvalue weighted by molar-refractivity contribution is 0.632. The van der Waals surface area contributed by atoms with E-state index in [0.29, 0.717) is 11.5 Å². The van der Waals surface area contributed by atoms with Crippen LogP contribution in [0.25, 0.3) is 27.3 Å². The van der Waals surface area contributed by atoms with Crippen molar-refractivity contribution < 1.29 is 4.39 Å². The number of aryl methyl sites for hydroxylation is 1. The van der Waals surface area contributed by atoms with Crippen LogP contribution in [-0.4, -0.2) is 9.38 Å². The van der Waals surface area contributed by atoms with Gasteiger partial charge in [-0.05, 0) is 64.9 Å². The first-order chi connectivity index (χ1) is 15.7. The average molecular weight is 438 g/mol. The molecule has 1 N–H and O–H groups in total. The van der Waals surface area contributed by atoms with Crippen molar-refractivity contribution in [1.29, 1.82) is 0 Å². The monoisotopic (exact) mass is 437 g/mol. The van der Waals surface area contributed by atoms with E-state index in [1.54, 1.807) is 18.2 Å². The van der Waals surface area contributed by atoms with Crippen LogP contribution in [0.3, 0.4) is 0 Å². The molecule has 0 fully saturated rings. The molecule has 3 heterocycles. The molecule has 0 amide bonds. The highest BCUT2D eigenvalue weighted by Crippen LogP contribution is 2.37.